The molecule has 0 atom stereocenters. The Morgan fingerprint density at radius 2 is 1.39 bits per heavy atom. The minimum Gasteiger partial charge on any atom is -0.462 e. The molecule has 0 saturated heterocycles. The summed E-state index contributed by atoms with van der Waals surface area (Å²) in [6.07, 6.45) is 2.80. The van der Waals surface area contributed by atoms with E-state index in [9.17, 15) is 9.59 Å². The lowest BCUT2D eigenvalue weighted by Crippen LogP contribution is -2.05. The van der Waals surface area contributed by atoms with Crippen LogP contribution in [0.15, 0.2) is 23.3 Å². The van der Waals surface area contributed by atoms with Gasteiger partial charge < -0.3 is 9.47 Å². The Kier molecular flexibility index (Phi) is 7.25. The van der Waals surface area contributed by atoms with E-state index in [0.29, 0.717) is 9.75 Å². The number of carbonyl (C=O) groups is 2. The zero-order valence-electron chi connectivity index (χ0n) is 12.7. The normalized spacial score (nSPS) is 11.3. The smallest absolute Gasteiger partial charge is 0.348 e. The Hall–Kier alpha value is -2.90. The number of esters is 2. The van der Waals surface area contributed by atoms with E-state index in [4.69, 9.17) is 20.0 Å². The molecular formula is C16H14N2O4S. The highest BCUT2D eigenvalue weighted by Crippen LogP contribution is 2.22. The van der Waals surface area contributed by atoms with Crippen molar-refractivity contribution in [2.24, 2.45) is 0 Å². The molecule has 0 radical (unpaired) electrons. The molecule has 0 amide bonds. The second kappa shape index (κ2) is 9.19. The van der Waals surface area contributed by atoms with E-state index >= 15 is 0 Å². The van der Waals surface area contributed by atoms with Gasteiger partial charge in [-0.3, -0.25) is 0 Å². The van der Waals surface area contributed by atoms with Crippen LogP contribution in [0.25, 0.3) is 12.2 Å². The van der Waals surface area contributed by atoms with E-state index in [1.807, 2.05) is 0 Å². The van der Waals surface area contributed by atoms with Gasteiger partial charge in [-0.2, -0.15) is 10.5 Å². The number of hydrogen-bond donors (Lipinski definition) is 0. The maximum Gasteiger partial charge on any atom is 0.348 e. The van der Waals surface area contributed by atoms with Crippen LogP contribution in [-0.4, -0.2) is 25.2 Å². The van der Waals surface area contributed by atoms with Gasteiger partial charge in [-0.05, 0) is 38.1 Å². The summed E-state index contributed by atoms with van der Waals surface area (Å²) in [5, 5.41) is 18.0. The highest BCUT2D eigenvalue weighted by molar-refractivity contribution is 7.13. The van der Waals surface area contributed by atoms with Gasteiger partial charge in [0.25, 0.3) is 0 Å². The number of ether oxygens (including phenoxy) is 2. The summed E-state index contributed by atoms with van der Waals surface area (Å²) in [4.78, 5) is 24.3. The molecule has 23 heavy (non-hydrogen) atoms. The van der Waals surface area contributed by atoms with Gasteiger partial charge in [0.2, 0.25) is 0 Å². The standard InChI is InChI=1S/C16H14N2O4S/c1-3-21-15(19)11(9-17)7-13-5-6-14(23-13)8-12(10-18)16(20)22-4-2/h5-8H,3-4H2,1-2H3/b11-7-,12-8+. The molecular weight excluding hydrogens is 316 g/mol. The van der Waals surface area contributed by atoms with Crippen molar-refractivity contribution in [3.8, 4) is 12.1 Å². The molecule has 0 N–H and O–H groups in total. The van der Waals surface area contributed by atoms with Crippen LogP contribution in [0.1, 0.15) is 23.6 Å². The van der Waals surface area contributed by atoms with Gasteiger partial charge in [-0.25, -0.2) is 9.59 Å². The third-order valence-corrected chi connectivity index (χ3v) is 3.43. The lowest BCUT2D eigenvalue weighted by molar-refractivity contribution is -0.138. The number of thiophene rings is 1. The van der Waals surface area contributed by atoms with E-state index in [-0.39, 0.29) is 24.4 Å². The van der Waals surface area contributed by atoms with Crippen LogP contribution in [-0.2, 0) is 19.1 Å². The molecule has 118 valence electrons. The molecule has 1 heterocycles. The summed E-state index contributed by atoms with van der Waals surface area (Å²) in [7, 11) is 0. The third-order valence-electron chi connectivity index (χ3n) is 2.45. The minimum absolute atomic E-state index is 0.116. The van der Waals surface area contributed by atoms with Gasteiger partial charge in [0, 0.05) is 9.75 Å². The van der Waals surface area contributed by atoms with Crippen molar-refractivity contribution in [2.45, 2.75) is 13.8 Å². The van der Waals surface area contributed by atoms with Gasteiger partial charge >= 0.3 is 11.9 Å². The molecule has 7 heteroatoms. The van der Waals surface area contributed by atoms with Crippen molar-refractivity contribution in [2.75, 3.05) is 13.2 Å². The van der Waals surface area contributed by atoms with Crippen molar-refractivity contribution >= 4 is 35.4 Å². The minimum atomic E-state index is -0.690. The molecule has 0 bridgehead atoms. The second-order valence-electron chi connectivity index (χ2n) is 4.02. The highest BCUT2D eigenvalue weighted by atomic mass is 32.1. The van der Waals surface area contributed by atoms with Crippen LogP contribution < -0.4 is 0 Å². The second-order valence-corrected chi connectivity index (χ2v) is 5.17. The van der Waals surface area contributed by atoms with Gasteiger partial charge in [-0.1, -0.05) is 0 Å². The van der Waals surface area contributed by atoms with Crippen molar-refractivity contribution < 1.29 is 19.1 Å². The van der Waals surface area contributed by atoms with E-state index in [0.717, 1.165) is 0 Å². The molecule has 1 aromatic heterocycles. The van der Waals surface area contributed by atoms with E-state index in [1.165, 1.54) is 23.5 Å². The average Bonchev–Trinajstić information content (AvgIpc) is 2.97. The lowest BCUT2D eigenvalue weighted by Gasteiger charge is -1.98. The predicted octanol–water partition coefficient (Wildman–Crippen LogP) is 2.69. The zero-order valence-corrected chi connectivity index (χ0v) is 13.5. The number of nitriles is 2. The molecule has 0 aliphatic heterocycles. The predicted molar refractivity (Wildman–Crippen MR) is 84.8 cm³/mol. The van der Waals surface area contributed by atoms with Crippen LogP contribution in [0.2, 0.25) is 0 Å². The highest BCUT2D eigenvalue weighted by Gasteiger charge is 2.12. The van der Waals surface area contributed by atoms with Crippen molar-refractivity contribution in [3.05, 3.63) is 33.0 Å². The number of rotatable bonds is 6. The van der Waals surface area contributed by atoms with Gasteiger partial charge in [0.15, 0.2) is 0 Å². The summed E-state index contributed by atoms with van der Waals surface area (Å²) in [5.74, 6) is -1.38. The third kappa shape index (κ3) is 5.42. The van der Waals surface area contributed by atoms with E-state index in [2.05, 4.69) is 0 Å². The van der Waals surface area contributed by atoms with E-state index in [1.54, 1.807) is 38.1 Å². The van der Waals surface area contributed by atoms with E-state index < -0.39 is 11.9 Å². The molecule has 0 fully saturated rings. The fourth-order valence-corrected chi connectivity index (χ4v) is 2.40. The van der Waals surface area contributed by atoms with Crippen molar-refractivity contribution in [3.63, 3.8) is 0 Å². The quantitative estimate of drug-likeness (QED) is 0.451. The topological polar surface area (TPSA) is 100 Å². The molecule has 0 aliphatic rings. The first-order valence-corrected chi connectivity index (χ1v) is 7.55. The molecule has 0 aromatic carbocycles. The average molecular weight is 330 g/mol. The fraction of sp³-hybridized carbons (Fsp3) is 0.250. The Bertz CT molecular complexity index is 671. The number of carbonyl (C=O) groups excluding carboxylic acids is 2. The zero-order chi connectivity index (χ0) is 17.2. The molecule has 0 spiro atoms. The maximum atomic E-state index is 11.5. The Morgan fingerprint density at radius 3 is 1.70 bits per heavy atom. The van der Waals surface area contributed by atoms with Crippen molar-refractivity contribution in [1.29, 1.82) is 10.5 Å². The van der Waals surface area contributed by atoms with Crippen LogP contribution >= 0.6 is 11.3 Å². The number of hydrogen-bond acceptors (Lipinski definition) is 7. The Morgan fingerprint density at radius 1 is 1.00 bits per heavy atom. The van der Waals surface area contributed by atoms with Gasteiger partial charge in [-0.15, -0.1) is 11.3 Å². The maximum absolute atomic E-state index is 11.5. The summed E-state index contributed by atoms with van der Waals surface area (Å²) in [5.41, 5.74) is -0.231. The number of nitrogens with zero attached hydrogens (tertiary/aromatic N) is 2. The Labute approximate surface area is 137 Å². The monoisotopic (exact) mass is 330 g/mol. The van der Waals surface area contributed by atoms with Crippen molar-refractivity contribution in [1.82, 2.24) is 0 Å². The summed E-state index contributed by atoms with van der Waals surface area (Å²) < 4.78 is 9.55. The summed E-state index contributed by atoms with van der Waals surface area (Å²) >= 11 is 1.22. The van der Waals surface area contributed by atoms with Crippen LogP contribution in [0.4, 0.5) is 0 Å². The van der Waals surface area contributed by atoms with Crippen LogP contribution in [0.5, 0.6) is 0 Å². The largest absolute Gasteiger partial charge is 0.462 e. The van der Waals surface area contributed by atoms with Crippen LogP contribution in [0.3, 0.4) is 0 Å². The first-order valence-electron chi connectivity index (χ1n) is 6.73. The lowest BCUT2D eigenvalue weighted by atomic mass is 10.2. The SMILES string of the molecule is CCOC(=O)/C(C#N)=C\c1ccc(/C=C(\C#N)C(=O)OCC)s1. The first kappa shape index (κ1) is 18.1. The molecule has 0 unspecified atom stereocenters. The molecule has 6 nitrogen and oxygen atoms in total. The van der Waals surface area contributed by atoms with Crippen LogP contribution in [0, 0.1) is 22.7 Å². The molecule has 0 saturated carbocycles. The summed E-state index contributed by atoms with van der Waals surface area (Å²) in [6.45, 7) is 3.67. The summed E-state index contributed by atoms with van der Waals surface area (Å²) in [6, 6.07) is 6.91. The van der Waals surface area contributed by atoms with Gasteiger partial charge in [0.1, 0.15) is 23.3 Å². The Balaban J connectivity index is 3.02. The molecule has 0 aliphatic carbocycles. The first-order chi connectivity index (χ1) is 11.0. The fourth-order valence-electron chi connectivity index (χ4n) is 1.50. The van der Waals surface area contributed by atoms with Gasteiger partial charge in [0.05, 0.1) is 13.2 Å². The molecule has 1 aromatic rings. The molecule has 1 rings (SSSR count).